The van der Waals surface area contributed by atoms with Crippen LogP contribution in [0.15, 0.2) is 58.0 Å². The molecule has 28 heavy (non-hydrogen) atoms. The molecule has 1 heterocycles. The Labute approximate surface area is 175 Å². The van der Waals surface area contributed by atoms with Gasteiger partial charge in [0.1, 0.15) is 0 Å². The van der Waals surface area contributed by atoms with Crippen LogP contribution in [0.5, 0.6) is 0 Å². The Morgan fingerprint density at radius 3 is 2.39 bits per heavy atom. The van der Waals surface area contributed by atoms with Crippen LogP contribution in [-0.2, 0) is 24.4 Å². The number of carbonyl (C=O) groups excluding carboxylic acids is 1. The maximum Gasteiger partial charge on any atom is 0.223 e. The molecular weight excluding hydrogens is 416 g/mol. The van der Waals surface area contributed by atoms with Crippen molar-refractivity contribution in [1.82, 2.24) is 15.1 Å². The van der Waals surface area contributed by atoms with Gasteiger partial charge in [0.05, 0.1) is 0 Å². The van der Waals surface area contributed by atoms with Gasteiger partial charge in [0, 0.05) is 51.2 Å². The molecule has 5 nitrogen and oxygen atoms in total. The molecule has 0 atom stereocenters. The monoisotopic (exact) mass is 442 g/mol. The third-order valence-electron chi connectivity index (χ3n) is 4.95. The molecule has 148 valence electrons. The highest BCUT2D eigenvalue weighted by molar-refractivity contribution is 9.10. The van der Waals surface area contributed by atoms with Crippen molar-refractivity contribution >= 4 is 27.8 Å². The molecule has 0 spiro atoms. The van der Waals surface area contributed by atoms with Gasteiger partial charge in [-0.05, 0) is 35.2 Å². The Balaban J connectivity index is 1.40. The molecule has 1 N–H and O–H groups in total. The van der Waals surface area contributed by atoms with Crippen molar-refractivity contribution in [2.24, 2.45) is 4.99 Å². The first-order valence-electron chi connectivity index (χ1n) is 9.57. The van der Waals surface area contributed by atoms with Crippen molar-refractivity contribution in [1.29, 1.82) is 0 Å². The SMILES string of the molecule is CN=C(NCCCC(=O)N1Cc2ccccc2C1)N(C)Cc1ccc(Br)cc1. The zero-order chi connectivity index (χ0) is 19.9. The highest BCUT2D eigenvalue weighted by atomic mass is 79.9. The summed E-state index contributed by atoms with van der Waals surface area (Å²) in [5, 5.41) is 3.36. The Kier molecular flexibility index (Phi) is 7.09. The number of carbonyl (C=O) groups is 1. The van der Waals surface area contributed by atoms with Gasteiger partial charge < -0.3 is 15.1 Å². The Morgan fingerprint density at radius 1 is 1.14 bits per heavy atom. The Morgan fingerprint density at radius 2 is 1.79 bits per heavy atom. The van der Waals surface area contributed by atoms with Crippen LogP contribution in [-0.4, -0.2) is 42.3 Å². The van der Waals surface area contributed by atoms with Gasteiger partial charge in [-0.2, -0.15) is 0 Å². The van der Waals surface area contributed by atoms with Crippen molar-refractivity contribution < 1.29 is 4.79 Å². The topological polar surface area (TPSA) is 47.9 Å². The number of rotatable bonds is 6. The smallest absolute Gasteiger partial charge is 0.223 e. The molecule has 0 radical (unpaired) electrons. The third-order valence-corrected chi connectivity index (χ3v) is 5.48. The van der Waals surface area contributed by atoms with Crippen molar-refractivity contribution in [2.45, 2.75) is 32.5 Å². The van der Waals surface area contributed by atoms with Crippen LogP contribution in [0.4, 0.5) is 0 Å². The van der Waals surface area contributed by atoms with E-state index >= 15 is 0 Å². The molecule has 3 rings (SSSR count). The van der Waals surface area contributed by atoms with E-state index in [0.717, 1.165) is 43.0 Å². The third kappa shape index (κ3) is 5.35. The van der Waals surface area contributed by atoms with E-state index in [-0.39, 0.29) is 5.91 Å². The first-order valence-corrected chi connectivity index (χ1v) is 10.4. The minimum Gasteiger partial charge on any atom is -0.356 e. The van der Waals surface area contributed by atoms with Gasteiger partial charge in [-0.15, -0.1) is 0 Å². The zero-order valence-corrected chi connectivity index (χ0v) is 18.1. The summed E-state index contributed by atoms with van der Waals surface area (Å²) in [6, 6.07) is 16.6. The molecule has 6 heteroatoms. The quantitative estimate of drug-likeness (QED) is 0.420. The number of nitrogens with zero attached hydrogens (tertiary/aromatic N) is 3. The molecule has 2 aromatic carbocycles. The van der Waals surface area contributed by atoms with Crippen LogP contribution >= 0.6 is 15.9 Å². The molecule has 0 saturated heterocycles. The average Bonchev–Trinajstić information content (AvgIpc) is 3.14. The maximum absolute atomic E-state index is 12.5. The molecule has 1 amide bonds. The number of benzene rings is 2. The van der Waals surface area contributed by atoms with Crippen LogP contribution in [0.3, 0.4) is 0 Å². The van der Waals surface area contributed by atoms with E-state index < -0.39 is 0 Å². The number of guanidine groups is 1. The lowest BCUT2D eigenvalue weighted by Crippen LogP contribution is -2.39. The summed E-state index contributed by atoms with van der Waals surface area (Å²) in [5.74, 6) is 1.06. The molecule has 0 fully saturated rings. The van der Waals surface area contributed by atoms with Crippen LogP contribution in [0, 0.1) is 0 Å². The van der Waals surface area contributed by atoms with E-state index in [2.05, 4.69) is 55.4 Å². The first-order chi connectivity index (χ1) is 13.6. The highest BCUT2D eigenvalue weighted by Gasteiger charge is 2.22. The van der Waals surface area contributed by atoms with Gasteiger partial charge in [-0.3, -0.25) is 9.79 Å². The van der Waals surface area contributed by atoms with E-state index in [0.29, 0.717) is 6.42 Å². The maximum atomic E-state index is 12.5. The first kappa shape index (κ1) is 20.4. The summed E-state index contributed by atoms with van der Waals surface area (Å²) < 4.78 is 1.08. The molecule has 1 aliphatic rings. The number of hydrogen-bond acceptors (Lipinski definition) is 2. The summed E-state index contributed by atoms with van der Waals surface area (Å²) in [4.78, 5) is 20.9. The normalized spacial score (nSPS) is 13.4. The van der Waals surface area contributed by atoms with E-state index in [1.165, 1.54) is 16.7 Å². The van der Waals surface area contributed by atoms with Crippen molar-refractivity contribution in [3.63, 3.8) is 0 Å². The average molecular weight is 443 g/mol. The van der Waals surface area contributed by atoms with E-state index in [1.54, 1.807) is 7.05 Å². The van der Waals surface area contributed by atoms with Gasteiger partial charge >= 0.3 is 0 Å². The number of fused-ring (bicyclic) bond motifs is 1. The molecule has 1 aliphatic heterocycles. The number of nitrogens with one attached hydrogen (secondary N) is 1. The fraction of sp³-hybridized carbons (Fsp3) is 0.364. The summed E-state index contributed by atoms with van der Waals surface area (Å²) in [6.45, 7) is 2.97. The summed E-state index contributed by atoms with van der Waals surface area (Å²) in [6.07, 6.45) is 1.34. The van der Waals surface area contributed by atoms with Gasteiger partial charge in [-0.25, -0.2) is 0 Å². The van der Waals surface area contributed by atoms with E-state index in [9.17, 15) is 4.79 Å². The lowest BCUT2D eigenvalue weighted by atomic mass is 10.1. The predicted octanol–water partition coefficient (Wildman–Crippen LogP) is 3.78. The second-order valence-electron chi connectivity index (χ2n) is 7.08. The van der Waals surface area contributed by atoms with E-state index in [4.69, 9.17) is 0 Å². The standard InChI is InChI=1S/C22H27BrN4O/c1-24-22(26(2)14-17-9-11-20(23)12-10-17)25-13-5-8-21(28)27-15-18-6-3-4-7-19(18)16-27/h3-4,6-7,9-12H,5,8,13-16H2,1-2H3,(H,24,25). The summed E-state index contributed by atoms with van der Waals surface area (Å²) in [5.41, 5.74) is 3.75. The molecule has 0 aliphatic carbocycles. The van der Waals surface area contributed by atoms with Crippen LogP contribution in [0.2, 0.25) is 0 Å². The zero-order valence-electron chi connectivity index (χ0n) is 16.5. The minimum atomic E-state index is 0.219. The fourth-order valence-corrected chi connectivity index (χ4v) is 3.70. The van der Waals surface area contributed by atoms with Gasteiger partial charge in [0.2, 0.25) is 5.91 Å². The summed E-state index contributed by atoms with van der Waals surface area (Å²) in [7, 11) is 3.80. The van der Waals surface area contributed by atoms with Crippen LogP contribution in [0.25, 0.3) is 0 Å². The summed E-state index contributed by atoms with van der Waals surface area (Å²) >= 11 is 3.46. The second kappa shape index (κ2) is 9.73. The lowest BCUT2D eigenvalue weighted by Gasteiger charge is -2.22. The van der Waals surface area contributed by atoms with Gasteiger partial charge in [0.15, 0.2) is 5.96 Å². The van der Waals surface area contributed by atoms with Crippen molar-refractivity contribution in [3.05, 3.63) is 69.7 Å². The number of hydrogen-bond donors (Lipinski definition) is 1. The molecular formula is C22H27BrN4O. The molecule has 0 saturated carbocycles. The molecule has 0 aromatic heterocycles. The molecule has 2 aromatic rings. The Bertz CT molecular complexity index is 810. The van der Waals surface area contributed by atoms with E-state index in [1.807, 2.05) is 36.2 Å². The Hall–Kier alpha value is -2.34. The number of amides is 1. The van der Waals surface area contributed by atoms with Crippen molar-refractivity contribution in [3.8, 4) is 0 Å². The van der Waals surface area contributed by atoms with Crippen molar-refractivity contribution in [2.75, 3.05) is 20.6 Å². The molecule has 0 bridgehead atoms. The second-order valence-corrected chi connectivity index (χ2v) is 7.99. The van der Waals surface area contributed by atoms with Crippen LogP contribution in [0.1, 0.15) is 29.5 Å². The van der Waals surface area contributed by atoms with Crippen LogP contribution < -0.4 is 5.32 Å². The molecule has 0 unspecified atom stereocenters. The predicted molar refractivity (Wildman–Crippen MR) is 117 cm³/mol. The number of halogens is 1. The largest absolute Gasteiger partial charge is 0.356 e. The lowest BCUT2D eigenvalue weighted by molar-refractivity contribution is -0.131. The fourth-order valence-electron chi connectivity index (χ4n) is 3.43. The number of aliphatic imine (C=N–C) groups is 1. The van der Waals surface area contributed by atoms with Gasteiger partial charge in [-0.1, -0.05) is 52.3 Å². The minimum absolute atomic E-state index is 0.219. The van der Waals surface area contributed by atoms with Gasteiger partial charge in [0.25, 0.3) is 0 Å². The highest BCUT2D eigenvalue weighted by Crippen LogP contribution is 2.22.